The number of hydrogen-bond donors (Lipinski definition) is 2. The lowest BCUT2D eigenvalue weighted by Gasteiger charge is -2.16. The minimum absolute atomic E-state index is 0.188. The molecule has 1 atom stereocenters. The number of amides is 1. The second-order valence-electron chi connectivity index (χ2n) is 5.79. The maximum absolute atomic E-state index is 12.6. The van der Waals surface area contributed by atoms with Crippen LogP contribution in [0.5, 0.6) is 17.2 Å². The first kappa shape index (κ1) is 18.4. The molecule has 0 spiro atoms. The molecule has 0 aliphatic heterocycles. The first-order valence-corrected chi connectivity index (χ1v) is 8.33. The summed E-state index contributed by atoms with van der Waals surface area (Å²) in [5.74, 6) is 1.68. The molecule has 0 saturated heterocycles. The first-order valence-electron chi connectivity index (χ1n) is 8.33. The highest BCUT2D eigenvalue weighted by Crippen LogP contribution is 2.28. The third-order valence-electron chi connectivity index (χ3n) is 3.50. The molecule has 2 N–H and O–H groups in total. The van der Waals surface area contributed by atoms with Gasteiger partial charge in [0.15, 0.2) is 0 Å². The molecule has 1 aromatic carbocycles. The lowest BCUT2D eigenvalue weighted by Crippen LogP contribution is -2.18. The SMILES string of the molecule is COCC(C)Oc1cc(Oc2cccnc2)cc(C(=O)Nc2ccn[nH]2)c1. The second-order valence-corrected chi connectivity index (χ2v) is 5.79. The van der Waals surface area contributed by atoms with E-state index in [0.29, 0.717) is 35.2 Å². The van der Waals surface area contributed by atoms with Crippen LogP contribution in [0.15, 0.2) is 55.0 Å². The fourth-order valence-electron chi connectivity index (χ4n) is 2.39. The van der Waals surface area contributed by atoms with Crippen molar-refractivity contribution < 1.29 is 19.0 Å². The molecule has 27 heavy (non-hydrogen) atoms. The van der Waals surface area contributed by atoms with Crippen molar-refractivity contribution in [1.29, 1.82) is 0 Å². The zero-order valence-corrected chi connectivity index (χ0v) is 15.0. The van der Waals surface area contributed by atoms with Gasteiger partial charge in [-0.2, -0.15) is 5.10 Å². The van der Waals surface area contributed by atoms with Crippen LogP contribution in [0.3, 0.4) is 0 Å². The van der Waals surface area contributed by atoms with Crippen LogP contribution in [0.1, 0.15) is 17.3 Å². The summed E-state index contributed by atoms with van der Waals surface area (Å²) in [6, 6.07) is 10.2. The van der Waals surface area contributed by atoms with Crippen molar-refractivity contribution in [2.24, 2.45) is 0 Å². The molecular formula is C19H20N4O4. The fraction of sp³-hybridized carbons (Fsp3) is 0.211. The van der Waals surface area contributed by atoms with E-state index >= 15 is 0 Å². The number of nitrogens with zero attached hydrogens (tertiary/aromatic N) is 2. The summed E-state index contributed by atoms with van der Waals surface area (Å²) in [7, 11) is 1.60. The summed E-state index contributed by atoms with van der Waals surface area (Å²) >= 11 is 0. The van der Waals surface area contributed by atoms with E-state index in [1.165, 1.54) is 0 Å². The largest absolute Gasteiger partial charge is 0.488 e. The summed E-state index contributed by atoms with van der Waals surface area (Å²) < 4.78 is 16.7. The van der Waals surface area contributed by atoms with Gasteiger partial charge in [0, 0.05) is 31.0 Å². The van der Waals surface area contributed by atoms with Crippen LogP contribution in [0.4, 0.5) is 5.82 Å². The summed E-state index contributed by atoms with van der Waals surface area (Å²) in [5.41, 5.74) is 0.380. The highest BCUT2D eigenvalue weighted by Gasteiger charge is 2.13. The number of carbonyl (C=O) groups excluding carboxylic acids is 1. The minimum atomic E-state index is -0.319. The van der Waals surface area contributed by atoms with Crippen LogP contribution in [-0.2, 0) is 4.74 Å². The Morgan fingerprint density at radius 3 is 2.74 bits per heavy atom. The predicted molar refractivity (Wildman–Crippen MR) is 99.3 cm³/mol. The van der Waals surface area contributed by atoms with Gasteiger partial charge in [0.1, 0.15) is 29.2 Å². The van der Waals surface area contributed by atoms with Gasteiger partial charge >= 0.3 is 0 Å². The molecule has 2 aromatic heterocycles. The van der Waals surface area contributed by atoms with E-state index in [-0.39, 0.29) is 12.0 Å². The molecule has 0 fully saturated rings. The van der Waals surface area contributed by atoms with Crippen LogP contribution in [0.25, 0.3) is 0 Å². The van der Waals surface area contributed by atoms with E-state index in [2.05, 4.69) is 20.5 Å². The lowest BCUT2D eigenvalue weighted by molar-refractivity contribution is 0.0915. The van der Waals surface area contributed by atoms with E-state index < -0.39 is 0 Å². The number of carbonyl (C=O) groups is 1. The van der Waals surface area contributed by atoms with Crippen molar-refractivity contribution in [3.63, 3.8) is 0 Å². The topological polar surface area (TPSA) is 98.4 Å². The molecule has 0 bridgehead atoms. The van der Waals surface area contributed by atoms with Gasteiger partial charge in [-0.1, -0.05) is 0 Å². The highest BCUT2D eigenvalue weighted by atomic mass is 16.5. The number of anilines is 1. The number of ether oxygens (including phenoxy) is 3. The molecule has 140 valence electrons. The van der Waals surface area contributed by atoms with E-state index in [9.17, 15) is 4.79 Å². The van der Waals surface area contributed by atoms with Gasteiger partial charge in [-0.3, -0.25) is 14.9 Å². The number of hydrogen-bond acceptors (Lipinski definition) is 6. The standard InChI is InChI=1S/C19H20N4O4/c1-13(12-25-2)26-16-8-14(19(24)22-18-5-7-21-23-18)9-17(10-16)27-15-4-3-6-20-11-15/h3-11,13H,12H2,1-2H3,(H2,21,22,23,24). The van der Waals surface area contributed by atoms with E-state index in [0.717, 1.165) is 0 Å². The fourth-order valence-corrected chi connectivity index (χ4v) is 2.39. The normalized spacial score (nSPS) is 11.6. The minimum Gasteiger partial charge on any atom is -0.488 e. The van der Waals surface area contributed by atoms with E-state index in [1.807, 2.05) is 6.92 Å². The molecule has 1 amide bonds. The molecule has 2 heterocycles. The number of rotatable bonds is 8. The monoisotopic (exact) mass is 368 g/mol. The first-order chi connectivity index (χ1) is 13.1. The Morgan fingerprint density at radius 2 is 2.04 bits per heavy atom. The number of methoxy groups -OCH3 is 1. The van der Waals surface area contributed by atoms with Crippen molar-refractivity contribution >= 4 is 11.7 Å². The quantitative estimate of drug-likeness (QED) is 0.633. The number of pyridine rings is 1. The third kappa shape index (κ3) is 5.29. The summed E-state index contributed by atoms with van der Waals surface area (Å²) in [6.07, 6.45) is 4.61. The van der Waals surface area contributed by atoms with Gasteiger partial charge in [0.2, 0.25) is 0 Å². The van der Waals surface area contributed by atoms with Crippen LogP contribution < -0.4 is 14.8 Å². The van der Waals surface area contributed by atoms with Crippen LogP contribution in [0.2, 0.25) is 0 Å². The molecule has 0 aliphatic carbocycles. The Labute approximate surface area is 156 Å². The van der Waals surface area contributed by atoms with E-state index in [1.54, 1.807) is 62.1 Å². The number of H-pyrrole nitrogens is 1. The van der Waals surface area contributed by atoms with Gasteiger partial charge in [-0.15, -0.1) is 0 Å². The average Bonchev–Trinajstić information content (AvgIpc) is 3.15. The molecule has 0 radical (unpaired) electrons. The molecule has 3 rings (SSSR count). The van der Waals surface area contributed by atoms with Crippen molar-refractivity contribution in [1.82, 2.24) is 15.2 Å². The highest BCUT2D eigenvalue weighted by molar-refractivity contribution is 6.04. The van der Waals surface area contributed by atoms with Crippen LogP contribution >= 0.6 is 0 Å². The Kier molecular flexibility index (Phi) is 6.01. The summed E-state index contributed by atoms with van der Waals surface area (Å²) in [6.45, 7) is 2.30. The van der Waals surface area contributed by atoms with Gasteiger partial charge in [-0.05, 0) is 31.2 Å². The average molecular weight is 368 g/mol. The molecular weight excluding hydrogens is 348 g/mol. The van der Waals surface area contributed by atoms with Gasteiger partial charge in [-0.25, -0.2) is 0 Å². The van der Waals surface area contributed by atoms with Crippen molar-refractivity contribution in [3.8, 4) is 17.2 Å². The maximum atomic E-state index is 12.6. The van der Waals surface area contributed by atoms with Crippen molar-refractivity contribution in [2.75, 3.05) is 19.0 Å². The molecule has 8 nitrogen and oxygen atoms in total. The number of aromatic nitrogens is 3. The zero-order chi connectivity index (χ0) is 19.1. The number of nitrogens with one attached hydrogen (secondary N) is 2. The third-order valence-corrected chi connectivity index (χ3v) is 3.50. The van der Waals surface area contributed by atoms with E-state index in [4.69, 9.17) is 14.2 Å². The van der Waals surface area contributed by atoms with Crippen molar-refractivity contribution in [3.05, 3.63) is 60.6 Å². The number of aromatic amines is 1. The van der Waals surface area contributed by atoms with Crippen molar-refractivity contribution in [2.45, 2.75) is 13.0 Å². The Balaban J connectivity index is 1.86. The summed E-state index contributed by atoms with van der Waals surface area (Å²) in [5, 5.41) is 9.23. The van der Waals surface area contributed by atoms with Gasteiger partial charge < -0.3 is 19.5 Å². The van der Waals surface area contributed by atoms with Gasteiger partial charge in [0.05, 0.1) is 19.0 Å². The maximum Gasteiger partial charge on any atom is 0.257 e. The van der Waals surface area contributed by atoms with Crippen LogP contribution in [-0.4, -0.2) is 40.9 Å². The smallest absolute Gasteiger partial charge is 0.257 e. The number of benzene rings is 1. The Hall–Kier alpha value is -3.39. The molecule has 0 aliphatic rings. The molecule has 8 heteroatoms. The molecule has 0 saturated carbocycles. The Bertz CT molecular complexity index is 869. The summed E-state index contributed by atoms with van der Waals surface area (Å²) in [4.78, 5) is 16.6. The molecule has 1 unspecified atom stereocenters. The van der Waals surface area contributed by atoms with Crippen LogP contribution in [0, 0.1) is 0 Å². The lowest BCUT2D eigenvalue weighted by atomic mass is 10.2. The van der Waals surface area contributed by atoms with Gasteiger partial charge in [0.25, 0.3) is 5.91 Å². The predicted octanol–water partition coefficient (Wildman–Crippen LogP) is 3.26. The Morgan fingerprint density at radius 1 is 1.19 bits per heavy atom. The zero-order valence-electron chi connectivity index (χ0n) is 15.0. The molecule has 3 aromatic rings. The second kappa shape index (κ2) is 8.81.